The van der Waals surface area contributed by atoms with Crippen LogP contribution in [0.4, 0.5) is 11.4 Å². The van der Waals surface area contributed by atoms with Crippen molar-refractivity contribution in [3.05, 3.63) is 108 Å². The summed E-state index contributed by atoms with van der Waals surface area (Å²) >= 11 is 0. The highest BCUT2D eigenvalue weighted by atomic mass is 32.2. The van der Waals surface area contributed by atoms with Crippen LogP contribution >= 0.6 is 0 Å². The molecule has 2 unspecified atom stereocenters. The number of hydrogen-bond donors (Lipinski definition) is 2. The SMILES string of the molecule is Cc1cccc(NS(=O)(=O)c2ccccc2OCC2CO2)c1.Cc1ccccc1NS(=O)(=O)c1ccccc1OCC1CO1. The molecule has 2 atom stereocenters. The lowest BCUT2D eigenvalue weighted by Crippen LogP contribution is -2.16. The second-order valence-electron chi connectivity index (χ2n) is 10.3. The van der Waals surface area contributed by atoms with Gasteiger partial charge in [0.15, 0.2) is 0 Å². The summed E-state index contributed by atoms with van der Waals surface area (Å²) in [7, 11) is -7.41. The third-order valence-electron chi connectivity index (χ3n) is 6.59. The molecule has 0 bridgehead atoms. The van der Waals surface area contributed by atoms with Gasteiger partial charge in [-0.15, -0.1) is 0 Å². The van der Waals surface area contributed by atoms with Crippen molar-refractivity contribution >= 4 is 31.4 Å². The van der Waals surface area contributed by atoms with Crippen molar-refractivity contribution in [1.82, 2.24) is 0 Å². The van der Waals surface area contributed by atoms with Crippen LogP contribution in [0.15, 0.2) is 107 Å². The molecule has 6 rings (SSSR count). The van der Waals surface area contributed by atoms with E-state index in [2.05, 4.69) is 9.44 Å². The number of ether oxygens (including phenoxy) is 4. The molecule has 2 N–H and O–H groups in total. The lowest BCUT2D eigenvalue weighted by molar-refractivity contribution is 0.258. The van der Waals surface area contributed by atoms with Crippen molar-refractivity contribution < 1.29 is 35.8 Å². The molecular weight excluding hydrogens is 604 g/mol. The van der Waals surface area contributed by atoms with Gasteiger partial charge in [0, 0.05) is 5.69 Å². The standard InChI is InChI=1S/2C16H17NO4S/c1-12-5-4-6-13(9-12)17-22(18,19)16-8-3-2-7-15(16)21-11-14-10-20-14;1-12-6-2-3-7-14(12)17-22(18,19)16-9-5-4-8-15(16)21-11-13-10-20-13/h2-9,14,17H,10-11H2,1H3;2-9,13,17H,10-11H2,1H3. The molecule has 0 amide bonds. The summed E-state index contributed by atoms with van der Waals surface area (Å²) in [6, 6.07) is 27.6. The zero-order chi connectivity index (χ0) is 31.2. The van der Waals surface area contributed by atoms with Crippen LogP contribution in [0.5, 0.6) is 11.5 Å². The summed E-state index contributed by atoms with van der Waals surface area (Å²) in [6.45, 7) is 5.80. The van der Waals surface area contributed by atoms with Gasteiger partial charge >= 0.3 is 0 Å². The lowest BCUT2D eigenvalue weighted by atomic mass is 10.2. The summed E-state index contributed by atoms with van der Waals surface area (Å²) in [6.07, 6.45) is 0.139. The van der Waals surface area contributed by atoms with Crippen molar-refractivity contribution in [1.29, 1.82) is 0 Å². The van der Waals surface area contributed by atoms with E-state index in [-0.39, 0.29) is 22.0 Å². The number of benzene rings is 4. The molecule has 44 heavy (non-hydrogen) atoms. The molecule has 0 saturated carbocycles. The van der Waals surface area contributed by atoms with E-state index < -0.39 is 20.0 Å². The maximum atomic E-state index is 12.6. The molecule has 0 aromatic heterocycles. The first-order valence-electron chi connectivity index (χ1n) is 14.0. The molecule has 0 aliphatic carbocycles. The number of hydrogen-bond acceptors (Lipinski definition) is 8. The maximum Gasteiger partial charge on any atom is 0.265 e. The number of nitrogens with one attached hydrogen (secondary N) is 2. The van der Waals surface area contributed by atoms with Gasteiger partial charge in [0.2, 0.25) is 0 Å². The predicted molar refractivity (Wildman–Crippen MR) is 167 cm³/mol. The first-order valence-corrected chi connectivity index (χ1v) is 16.9. The molecule has 232 valence electrons. The van der Waals surface area contributed by atoms with Crippen LogP contribution in [0.1, 0.15) is 11.1 Å². The minimum atomic E-state index is -3.71. The molecule has 10 nitrogen and oxygen atoms in total. The van der Waals surface area contributed by atoms with E-state index in [1.165, 1.54) is 12.1 Å². The van der Waals surface area contributed by atoms with Gasteiger partial charge in [0.1, 0.15) is 46.7 Å². The molecule has 12 heteroatoms. The first-order chi connectivity index (χ1) is 21.1. The number of para-hydroxylation sites is 3. The normalized spacial score (nSPS) is 17.0. The minimum Gasteiger partial charge on any atom is -0.489 e. The molecule has 2 saturated heterocycles. The van der Waals surface area contributed by atoms with E-state index in [0.717, 1.165) is 11.1 Å². The van der Waals surface area contributed by atoms with Crippen LogP contribution in [0.25, 0.3) is 0 Å². The van der Waals surface area contributed by atoms with Crippen LogP contribution in [0, 0.1) is 13.8 Å². The Morgan fingerprint density at radius 2 is 1.16 bits per heavy atom. The van der Waals surface area contributed by atoms with Crippen LogP contribution < -0.4 is 18.9 Å². The zero-order valence-electron chi connectivity index (χ0n) is 24.3. The van der Waals surface area contributed by atoms with Crippen molar-refractivity contribution in [3.63, 3.8) is 0 Å². The number of anilines is 2. The van der Waals surface area contributed by atoms with Crippen LogP contribution in [-0.4, -0.2) is 55.5 Å². The average molecular weight is 639 g/mol. The third kappa shape index (κ3) is 8.73. The number of sulfonamides is 2. The molecular formula is C32H34N2O8S2. The van der Waals surface area contributed by atoms with E-state index in [0.29, 0.717) is 49.3 Å². The molecule has 0 radical (unpaired) electrons. The lowest BCUT2D eigenvalue weighted by Gasteiger charge is -2.14. The summed E-state index contributed by atoms with van der Waals surface area (Å²) < 4.78 is 76.8. The molecule has 2 fully saturated rings. The summed E-state index contributed by atoms with van der Waals surface area (Å²) in [5, 5.41) is 0. The van der Waals surface area contributed by atoms with Crippen LogP contribution in [0.2, 0.25) is 0 Å². The number of rotatable bonds is 12. The second kappa shape index (κ2) is 13.7. The van der Waals surface area contributed by atoms with Gasteiger partial charge in [-0.1, -0.05) is 54.6 Å². The Morgan fingerprint density at radius 3 is 1.68 bits per heavy atom. The Morgan fingerprint density at radius 1 is 0.659 bits per heavy atom. The van der Waals surface area contributed by atoms with E-state index in [4.69, 9.17) is 18.9 Å². The Labute approximate surface area is 258 Å². The first kappa shape index (κ1) is 31.3. The van der Waals surface area contributed by atoms with Gasteiger partial charge in [-0.3, -0.25) is 9.44 Å². The minimum absolute atomic E-state index is 0.0695. The van der Waals surface area contributed by atoms with Gasteiger partial charge in [-0.2, -0.15) is 0 Å². The fraction of sp³-hybridized carbons (Fsp3) is 0.250. The topological polar surface area (TPSA) is 136 Å². The van der Waals surface area contributed by atoms with Crippen molar-refractivity contribution in [2.75, 3.05) is 35.9 Å². The molecule has 4 aromatic rings. The van der Waals surface area contributed by atoms with Gasteiger partial charge in [0.25, 0.3) is 20.0 Å². The smallest absolute Gasteiger partial charge is 0.265 e. The Bertz CT molecular complexity index is 1800. The van der Waals surface area contributed by atoms with Crippen molar-refractivity contribution in [2.45, 2.75) is 35.8 Å². The quantitative estimate of drug-likeness (QED) is 0.204. The predicted octanol–water partition coefficient (Wildman–Crippen LogP) is 5.15. The average Bonchev–Trinajstić information content (AvgIpc) is 3.93. The molecule has 0 spiro atoms. The summed E-state index contributed by atoms with van der Waals surface area (Å²) in [4.78, 5) is 0.246. The van der Waals surface area contributed by atoms with E-state index in [9.17, 15) is 16.8 Å². The van der Waals surface area contributed by atoms with E-state index in [1.54, 1.807) is 66.7 Å². The van der Waals surface area contributed by atoms with Crippen LogP contribution in [-0.2, 0) is 29.5 Å². The zero-order valence-corrected chi connectivity index (χ0v) is 25.9. The van der Waals surface area contributed by atoms with E-state index >= 15 is 0 Å². The molecule has 2 aliphatic heterocycles. The van der Waals surface area contributed by atoms with Crippen molar-refractivity contribution in [3.8, 4) is 11.5 Å². The number of epoxide rings is 2. The monoisotopic (exact) mass is 638 g/mol. The fourth-order valence-electron chi connectivity index (χ4n) is 4.08. The Balaban J connectivity index is 0.000000175. The van der Waals surface area contributed by atoms with Crippen molar-refractivity contribution in [2.24, 2.45) is 0 Å². The van der Waals surface area contributed by atoms with E-state index in [1.807, 2.05) is 32.0 Å². The van der Waals surface area contributed by atoms with Gasteiger partial charge in [0.05, 0.1) is 18.9 Å². The Hall–Kier alpha value is -4.10. The summed E-state index contributed by atoms with van der Waals surface area (Å²) in [5.41, 5.74) is 2.93. The van der Waals surface area contributed by atoms with Gasteiger partial charge in [-0.25, -0.2) is 16.8 Å². The third-order valence-corrected chi connectivity index (χ3v) is 9.42. The molecule has 4 aromatic carbocycles. The fourth-order valence-corrected chi connectivity index (χ4v) is 6.56. The second-order valence-corrected chi connectivity index (χ2v) is 13.6. The molecule has 2 heterocycles. The maximum absolute atomic E-state index is 12.6. The highest BCUT2D eigenvalue weighted by molar-refractivity contribution is 7.93. The highest BCUT2D eigenvalue weighted by Gasteiger charge is 2.27. The summed E-state index contributed by atoms with van der Waals surface area (Å²) in [5.74, 6) is 0.664. The van der Waals surface area contributed by atoms with Gasteiger partial charge < -0.3 is 18.9 Å². The number of aryl methyl sites for hydroxylation is 2. The van der Waals surface area contributed by atoms with Gasteiger partial charge in [-0.05, 0) is 67.4 Å². The Kier molecular flexibility index (Phi) is 9.74. The molecule has 2 aliphatic rings. The highest BCUT2D eigenvalue weighted by Crippen LogP contribution is 2.28. The van der Waals surface area contributed by atoms with Crippen LogP contribution in [0.3, 0.4) is 0 Å². The largest absolute Gasteiger partial charge is 0.489 e.